The predicted molar refractivity (Wildman–Crippen MR) is 168 cm³/mol. The molecule has 0 spiro atoms. The maximum absolute atomic E-state index is 12.0. The first kappa shape index (κ1) is 39.4. The van der Waals surface area contributed by atoms with Gasteiger partial charge in [0.25, 0.3) is 0 Å². The maximum atomic E-state index is 12.0. The van der Waals surface area contributed by atoms with E-state index < -0.39 is 0 Å². The van der Waals surface area contributed by atoms with Crippen LogP contribution in [0.25, 0.3) is 0 Å². The molecule has 4 fully saturated rings. The summed E-state index contributed by atoms with van der Waals surface area (Å²) in [4.78, 5) is 26.2. The zero-order valence-corrected chi connectivity index (χ0v) is 24.5. The Morgan fingerprint density at radius 3 is 1.37 bits per heavy atom. The second-order valence-corrected chi connectivity index (χ2v) is 12.5. The fraction of sp³-hybridized carbons (Fsp3) is 0.967. The first-order valence-corrected chi connectivity index (χ1v) is 13.9. The second kappa shape index (κ2) is 18.6. The van der Waals surface area contributed by atoms with E-state index in [0.717, 1.165) is 31.7 Å². The van der Waals surface area contributed by atoms with Crippen molar-refractivity contribution in [3.05, 3.63) is 0 Å². The first-order valence-electron chi connectivity index (χ1n) is 13.9. The number of hydrogen-bond acceptors (Lipinski definition) is 7. The third kappa shape index (κ3) is 13.5. The van der Waals surface area contributed by atoms with Gasteiger partial charge in [0.1, 0.15) is 6.04 Å². The molecular weight excluding hydrogens is 474 g/mol. The number of hydrogen-bond donors (Lipinski definition) is 1. The van der Waals surface area contributed by atoms with Gasteiger partial charge >= 0.3 is 0 Å². The van der Waals surface area contributed by atoms with Crippen LogP contribution in [0.15, 0.2) is 0 Å². The normalized spacial score (nSPS) is 28.0. The van der Waals surface area contributed by atoms with Crippen molar-refractivity contribution in [2.24, 2.45) is 0 Å². The van der Waals surface area contributed by atoms with Crippen LogP contribution < -0.4 is 5.32 Å². The summed E-state index contributed by atoms with van der Waals surface area (Å²) in [6.07, 6.45) is 5.73. The summed E-state index contributed by atoms with van der Waals surface area (Å²) in [6.45, 7) is 16.3. The van der Waals surface area contributed by atoms with E-state index >= 15 is 0 Å². The van der Waals surface area contributed by atoms with Crippen molar-refractivity contribution >= 4 is 5.91 Å². The SMILES string of the molecule is C.C.C.CN1CCN(C)C(C(=O)NC(C)(C)C)C1.CN1CCN(C)C2CCCCC21.CN1CCN(C)CC1. The molecule has 1 amide bonds. The van der Waals surface area contributed by atoms with Crippen molar-refractivity contribution in [1.29, 1.82) is 0 Å². The van der Waals surface area contributed by atoms with E-state index in [1.54, 1.807) is 0 Å². The van der Waals surface area contributed by atoms with Crippen molar-refractivity contribution in [3.8, 4) is 0 Å². The van der Waals surface area contributed by atoms with Crippen LogP contribution in [0.5, 0.6) is 0 Å². The van der Waals surface area contributed by atoms with Gasteiger partial charge in [-0.2, -0.15) is 0 Å². The average molecular weight is 544 g/mol. The summed E-state index contributed by atoms with van der Waals surface area (Å²) in [5, 5.41) is 3.03. The Kier molecular flexibility index (Phi) is 19.2. The molecule has 8 heteroatoms. The smallest absolute Gasteiger partial charge is 0.239 e. The number of carbonyl (C=O) groups excluding carboxylic acids is 1. The third-order valence-corrected chi connectivity index (χ3v) is 8.01. The molecule has 4 rings (SSSR count). The molecule has 8 nitrogen and oxygen atoms in total. The highest BCUT2D eigenvalue weighted by atomic mass is 16.2. The van der Waals surface area contributed by atoms with Crippen LogP contribution in [0, 0.1) is 0 Å². The molecule has 1 saturated carbocycles. The van der Waals surface area contributed by atoms with E-state index in [-0.39, 0.29) is 39.8 Å². The van der Waals surface area contributed by atoms with Crippen molar-refractivity contribution < 1.29 is 4.79 Å². The molecule has 3 atom stereocenters. The molecule has 3 unspecified atom stereocenters. The van der Waals surface area contributed by atoms with Gasteiger partial charge in [0.15, 0.2) is 0 Å². The predicted octanol–water partition coefficient (Wildman–Crippen LogP) is 3.09. The molecule has 3 heterocycles. The molecule has 0 bridgehead atoms. The largest absolute Gasteiger partial charge is 0.350 e. The number of likely N-dealkylation sites (N-methyl/N-ethyl adjacent to an activating group) is 6. The van der Waals surface area contributed by atoms with Crippen LogP contribution in [0.2, 0.25) is 0 Å². The Balaban J connectivity index is 0. The van der Waals surface area contributed by atoms with Gasteiger partial charge in [0, 0.05) is 76.5 Å². The third-order valence-electron chi connectivity index (χ3n) is 8.01. The monoisotopic (exact) mass is 544 g/mol. The second-order valence-electron chi connectivity index (χ2n) is 12.5. The van der Waals surface area contributed by atoms with Crippen LogP contribution in [-0.4, -0.2) is 160 Å². The lowest BCUT2D eigenvalue weighted by Gasteiger charge is -2.47. The summed E-state index contributed by atoms with van der Waals surface area (Å²) in [5.41, 5.74) is -0.145. The van der Waals surface area contributed by atoms with Crippen LogP contribution >= 0.6 is 0 Å². The van der Waals surface area contributed by atoms with Gasteiger partial charge in [-0.3, -0.25) is 9.69 Å². The summed E-state index contributed by atoms with van der Waals surface area (Å²) in [7, 11) is 13.0. The van der Waals surface area contributed by atoms with Crippen LogP contribution in [0.3, 0.4) is 0 Å². The molecule has 0 aromatic rings. The molecule has 0 aromatic carbocycles. The highest BCUT2D eigenvalue weighted by molar-refractivity contribution is 5.82. The Morgan fingerprint density at radius 2 is 0.974 bits per heavy atom. The summed E-state index contributed by atoms with van der Waals surface area (Å²) in [6, 6.07) is 1.71. The van der Waals surface area contributed by atoms with E-state index in [0.29, 0.717) is 0 Å². The zero-order chi connectivity index (χ0) is 26.2. The van der Waals surface area contributed by atoms with E-state index in [4.69, 9.17) is 0 Å². The van der Waals surface area contributed by atoms with Crippen molar-refractivity contribution in [3.63, 3.8) is 0 Å². The molecule has 230 valence electrons. The minimum atomic E-state index is -0.145. The Morgan fingerprint density at radius 1 is 0.605 bits per heavy atom. The Bertz CT molecular complexity index is 590. The number of nitrogens with zero attached hydrogens (tertiary/aromatic N) is 6. The molecule has 0 aromatic heterocycles. The lowest BCUT2D eigenvalue weighted by Crippen LogP contribution is -2.59. The first-order chi connectivity index (χ1) is 16.4. The minimum Gasteiger partial charge on any atom is -0.350 e. The van der Waals surface area contributed by atoms with E-state index in [1.165, 1.54) is 65.0 Å². The van der Waals surface area contributed by atoms with E-state index in [9.17, 15) is 4.79 Å². The molecular formula is C30H69N7O. The van der Waals surface area contributed by atoms with Gasteiger partial charge in [-0.25, -0.2) is 0 Å². The number of amides is 1. The Hall–Kier alpha value is -0.770. The summed E-state index contributed by atoms with van der Waals surface area (Å²) in [5.74, 6) is 0.136. The zero-order valence-electron chi connectivity index (χ0n) is 24.5. The summed E-state index contributed by atoms with van der Waals surface area (Å²) < 4.78 is 0. The maximum Gasteiger partial charge on any atom is 0.239 e. The average Bonchev–Trinajstić information content (AvgIpc) is 2.80. The molecule has 3 aliphatic heterocycles. The van der Waals surface area contributed by atoms with Gasteiger partial charge in [0.2, 0.25) is 5.91 Å². The number of nitrogens with one attached hydrogen (secondary N) is 1. The highest BCUT2D eigenvalue weighted by Crippen LogP contribution is 2.28. The van der Waals surface area contributed by atoms with Gasteiger partial charge in [-0.15, -0.1) is 0 Å². The molecule has 4 aliphatic rings. The highest BCUT2D eigenvalue weighted by Gasteiger charge is 2.34. The topological polar surface area (TPSA) is 48.5 Å². The summed E-state index contributed by atoms with van der Waals surface area (Å²) >= 11 is 0. The standard InChI is InChI=1S/C11H23N3O.C10H20N2.C6H14N2.3CH4/c1-11(2,3)12-10(15)9-8-13(4)6-7-14(9)5;1-11-7-8-12(2)10-6-4-3-5-9(10)11;1-7-3-5-8(2)6-4-7;;;/h9H,6-8H2,1-5H3,(H,12,15);9-10H,3-8H2,1-2H3;3-6H2,1-2H3;3*1H4. The van der Waals surface area contributed by atoms with Crippen LogP contribution in [0.1, 0.15) is 68.7 Å². The quantitative estimate of drug-likeness (QED) is 0.545. The van der Waals surface area contributed by atoms with Crippen molar-refractivity contribution in [1.82, 2.24) is 34.7 Å². The lowest BCUT2D eigenvalue weighted by molar-refractivity contribution is -0.129. The fourth-order valence-electron chi connectivity index (χ4n) is 5.42. The van der Waals surface area contributed by atoms with E-state index in [2.05, 4.69) is 70.0 Å². The minimum absolute atomic E-state index is 0. The van der Waals surface area contributed by atoms with Crippen molar-refractivity contribution in [2.45, 2.75) is 92.4 Å². The molecule has 1 aliphatic carbocycles. The molecule has 38 heavy (non-hydrogen) atoms. The van der Waals surface area contributed by atoms with Crippen molar-refractivity contribution in [2.75, 3.05) is 101 Å². The molecule has 0 radical (unpaired) electrons. The lowest BCUT2D eigenvalue weighted by atomic mass is 9.87. The van der Waals surface area contributed by atoms with Gasteiger partial charge < -0.3 is 29.8 Å². The van der Waals surface area contributed by atoms with Crippen LogP contribution in [0.4, 0.5) is 0 Å². The molecule has 3 saturated heterocycles. The van der Waals surface area contributed by atoms with Gasteiger partial charge in [-0.1, -0.05) is 35.1 Å². The Labute approximate surface area is 239 Å². The van der Waals surface area contributed by atoms with Crippen LogP contribution in [-0.2, 0) is 4.79 Å². The number of fused-ring (bicyclic) bond motifs is 1. The molecule has 1 N–H and O–H groups in total. The van der Waals surface area contributed by atoms with Gasteiger partial charge in [0.05, 0.1) is 0 Å². The van der Waals surface area contributed by atoms with E-state index in [1.807, 2.05) is 27.8 Å². The number of carbonyl (C=O) groups is 1. The number of piperazine rings is 3. The number of rotatable bonds is 1. The van der Waals surface area contributed by atoms with Gasteiger partial charge in [-0.05, 0) is 75.9 Å². The fourth-order valence-corrected chi connectivity index (χ4v) is 5.42.